The number of hydrogen-bond donors (Lipinski definition) is 1. The first-order valence-electron chi connectivity index (χ1n) is 10.8. The summed E-state index contributed by atoms with van der Waals surface area (Å²) in [6.45, 7) is 10.7. The van der Waals surface area contributed by atoms with Crippen molar-refractivity contribution >= 4 is 11.8 Å². The molecule has 0 spiro atoms. The van der Waals surface area contributed by atoms with Crippen LogP contribution in [0.4, 0.5) is 0 Å². The van der Waals surface area contributed by atoms with Crippen LogP contribution in [0.5, 0.6) is 0 Å². The van der Waals surface area contributed by atoms with Crippen molar-refractivity contribution < 1.29 is 14.3 Å². The highest BCUT2D eigenvalue weighted by molar-refractivity contribution is 6.09. The Balaban J connectivity index is 1.53. The Morgan fingerprint density at radius 3 is 2.83 bits per heavy atom. The van der Waals surface area contributed by atoms with Crippen molar-refractivity contribution in [3.63, 3.8) is 0 Å². The first-order chi connectivity index (χ1) is 14.4. The minimum absolute atomic E-state index is 0.0786. The van der Waals surface area contributed by atoms with Crippen LogP contribution in [0.1, 0.15) is 76.0 Å². The quantitative estimate of drug-likeness (QED) is 0.794. The van der Waals surface area contributed by atoms with Gasteiger partial charge in [0.25, 0.3) is 11.8 Å². The highest BCUT2D eigenvalue weighted by atomic mass is 16.5. The zero-order valence-electron chi connectivity index (χ0n) is 18.2. The number of aryl methyl sites for hydroxylation is 2. The Bertz CT molecular complexity index is 975. The van der Waals surface area contributed by atoms with E-state index in [1.165, 1.54) is 0 Å². The third-order valence-electron chi connectivity index (χ3n) is 6.22. The molecule has 1 saturated heterocycles. The van der Waals surface area contributed by atoms with Gasteiger partial charge in [0.05, 0.1) is 29.0 Å². The molecule has 1 fully saturated rings. The van der Waals surface area contributed by atoms with Crippen molar-refractivity contribution in [3.05, 3.63) is 51.8 Å². The second kappa shape index (κ2) is 8.22. The Hall–Kier alpha value is -2.67. The van der Waals surface area contributed by atoms with Crippen LogP contribution in [0.2, 0.25) is 0 Å². The second-order valence-electron chi connectivity index (χ2n) is 8.26. The summed E-state index contributed by atoms with van der Waals surface area (Å²) in [7, 11) is 0. The van der Waals surface area contributed by atoms with Gasteiger partial charge in [-0.05, 0) is 52.2 Å². The molecule has 0 unspecified atom stereocenters. The van der Waals surface area contributed by atoms with E-state index < -0.39 is 0 Å². The Kier molecular flexibility index (Phi) is 5.64. The Morgan fingerprint density at radius 2 is 2.17 bits per heavy atom. The lowest BCUT2D eigenvalue weighted by Gasteiger charge is -2.20. The predicted molar refractivity (Wildman–Crippen MR) is 113 cm³/mol. The van der Waals surface area contributed by atoms with Crippen LogP contribution in [0.15, 0.2) is 18.2 Å². The molecule has 2 atom stereocenters. The largest absolute Gasteiger partial charge is 0.376 e. The number of fused-ring (bicyclic) bond motifs is 1. The highest BCUT2D eigenvalue weighted by Crippen LogP contribution is 2.29. The number of carbonyl (C=O) groups excluding carboxylic acids is 2. The maximum atomic E-state index is 13.2. The number of aromatic nitrogens is 2. The van der Waals surface area contributed by atoms with E-state index in [0.717, 1.165) is 48.5 Å². The van der Waals surface area contributed by atoms with Gasteiger partial charge in [-0.3, -0.25) is 14.3 Å². The van der Waals surface area contributed by atoms with Crippen molar-refractivity contribution in [2.75, 3.05) is 13.2 Å². The topological polar surface area (TPSA) is 76.5 Å². The van der Waals surface area contributed by atoms with Crippen molar-refractivity contribution in [2.24, 2.45) is 0 Å². The smallest absolute Gasteiger partial charge is 0.255 e. The Morgan fingerprint density at radius 1 is 1.37 bits per heavy atom. The molecule has 0 bridgehead atoms. The number of nitrogens with zero attached hydrogens (tertiary/aromatic N) is 3. The van der Waals surface area contributed by atoms with Gasteiger partial charge in [0, 0.05) is 37.5 Å². The molecule has 7 heteroatoms. The minimum Gasteiger partial charge on any atom is -0.376 e. The molecule has 3 heterocycles. The molecule has 1 N–H and O–H groups in total. The first-order valence-corrected chi connectivity index (χ1v) is 10.8. The summed E-state index contributed by atoms with van der Waals surface area (Å²) in [6.07, 6.45) is 2.12. The maximum Gasteiger partial charge on any atom is 0.255 e. The lowest BCUT2D eigenvalue weighted by Crippen LogP contribution is -2.33. The fourth-order valence-electron chi connectivity index (χ4n) is 4.78. The lowest BCUT2D eigenvalue weighted by molar-refractivity contribution is 0.0544. The third-order valence-corrected chi connectivity index (χ3v) is 6.22. The van der Waals surface area contributed by atoms with E-state index in [4.69, 9.17) is 4.74 Å². The normalized spacial score (nSPS) is 19.3. The molecule has 1 aromatic carbocycles. The molecule has 7 nitrogen and oxygen atoms in total. The van der Waals surface area contributed by atoms with Crippen molar-refractivity contribution in [1.82, 2.24) is 20.0 Å². The molecular formula is C23H30N4O3. The van der Waals surface area contributed by atoms with Gasteiger partial charge in [-0.2, -0.15) is 5.10 Å². The average Bonchev–Trinajstić information content (AvgIpc) is 3.41. The number of carbonyl (C=O) groups is 2. The predicted octanol–water partition coefficient (Wildman–Crippen LogP) is 3.15. The number of rotatable bonds is 6. The summed E-state index contributed by atoms with van der Waals surface area (Å²) in [6, 6.07) is 5.33. The van der Waals surface area contributed by atoms with Gasteiger partial charge in [0.1, 0.15) is 0 Å². The number of ether oxygens (including phenoxy) is 1. The van der Waals surface area contributed by atoms with Gasteiger partial charge >= 0.3 is 0 Å². The van der Waals surface area contributed by atoms with E-state index in [0.29, 0.717) is 24.2 Å². The SMILES string of the molecule is CCn1nc(C)c([C@@H](C)NC(=O)c2cccc3c2C(=O)N(C[C@H]2CCCO2)C3)c1C. The van der Waals surface area contributed by atoms with Gasteiger partial charge in [-0.1, -0.05) is 12.1 Å². The molecule has 2 amide bonds. The van der Waals surface area contributed by atoms with E-state index in [-0.39, 0.29) is 24.0 Å². The average molecular weight is 411 g/mol. The van der Waals surface area contributed by atoms with Crippen LogP contribution in [-0.4, -0.2) is 45.8 Å². The molecule has 160 valence electrons. The summed E-state index contributed by atoms with van der Waals surface area (Å²) in [5.41, 5.74) is 4.88. The van der Waals surface area contributed by atoms with E-state index >= 15 is 0 Å². The van der Waals surface area contributed by atoms with E-state index in [1.807, 2.05) is 44.5 Å². The molecule has 2 aliphatic heterocycles. The molecule has 0 aliphatic carbocycles. The summed E-state index contributed by atoms with van der Waals surface area (Å²) >= 11 is 0. The molecule has 4 rings (SSSR count). The number of hydrogen-bond acceptors (Lipinski definition) is 4. The molecule has 30 heavy (non-hydrogen) atoms. The van der Waals surface area contributed by atoms with E-state index in [2.05, 4.69) is 10.4 Å². The number of benzene rings is 1. The van der Waals surface area contributed by atoms with E-state index in [1.54, 1.807) is 11.0 Å². The van der Waals surface area contributed by atoms with Crippen LogP contribution in [0, 0.1) is 13.8 Å². The van der Waals surface area contributed by atoms with Gasteiger partial charge in [-0.25, -0.2) is 0 Å². The standard InChI is InChI=1S/C23H30N4O3/c1-5-27-16(4)20(15(3)25-27)14(2)24-22(28)19-10-6-8-17-12-26(23(29)21(17)19)13-18-9-7-11-30-18/h6,8,10,14,18H,5,7,9,11-13H2,1-4H3,(H,24,28)/t14-,18-/m1/s1. The molecule has 2 aromatic rings. The zero-order valence-corrected chi connectivity index (χ0v) is 18.2. The van der Waals surface area contributed by atoms with Gasteiger partial charge < -0.3 is 15.0 Å². The van der Waals surface area contributed by atoms with Crippen LogP contribution in [0.3, 0.4) is 0 Å². The van der Waals surface area contributed by atoms with Crippen molar-refractivity contribution in [1.29, 1.82) is 0 Å². The van der Waals surface area contributed by atoms with Gasteiger partial charge in [0.15, 0.2) is 0 Å². The first kappa shape index (κ1) is 20.6. The maximum absolute atomic E-state index is 13.2. The van der Waals surface area contributed by atoms with Crippen LogP contribution in [-0.2, 0) is 17.8 Å². The molecule has 0 radical (unpaired) electrons. The summed E-state index contributed by atoms with van der Waals surface area (Å²) in [4.78, 5) is 28.0. The van der Waals surface area contributed by atoms with Gasteiger partial charge in [0.2, 0.25) is 0 Å². The van der Waals surface area contributed by atoms with Crippen molar-refractivity contribution in [2.45, 2.75) is 65.8 Å². The minimum atomic E-state index is -0.227. The number of nitrogens with one attached hydrogen (secondary N) is 1. The zero-order chi connectivity index (χ0) is 21.4. The van der Waals surface area contributed by atoms with Crippen LogP contribution >= 0.6 is 0 Å². The molecule has 1 aromatic heterocycles. The van der Waals surface area contributed by atoms with Crippen molar-refractivity contribution in [3.8, 4) is 0 Å². The fraction of sp³-hybridized carbons (Fsp3) is 0.522. The second-order valence-corrected chi connectivity index (χ2v) is 8.26. The summed E-state index contributed by atoms with van der Waals surface area (Å²) in [5, 5.41) is 7.63. The monoisotopic (exact) mass is 410 g/mol. The summed E-state index contributed by atoms with van der Waals surface area (Å²) in [5.74, 6) is -0.306. The van der Waals surface area contributed by atoms with Gasteiger partial charge in [-0.15, -0.1) is 0 Å². The molecule has 0 saturated carbocycles. The number of amides is 2. The third kappa shape index (κ3) is 3.62. The molecular weight excluding hydrogens is 380 g/mol. The Labute approximate surface area is 177 Å². The van der Waals surface area contributed by atoms with Crippen LogP contribution < -0.4 is 5.32 Å². The lowest BCUT2D eigenvalue weighted by atomic mass is 10.0. The van der Waals surface area contributed by atoms with Crippen LogP contribution in [0.25, 0.3) is 0 Å². The van der Waals surface area contributed by atoms with E-state index in [9.17, 15) is 9.59 Å². The summed E-state index contributed by atoms with van der Waals surface area (Å²) < 4.78 is 7.64. The highest BCUT2D eigenvalue weighted by Gasteiger charge is 2.34. The fourth-order valence-corrected chi connectivity index (χ4v) is 4.78. The molecule has 2 aliphatic rings.